The molecular formula is C24H34FN3O3. The van der Waals surface area contributed by atoms with Gasteiger partial charge in [0.25, 0.3) is 5.91 Å². The number of carbonyl (C=O) groups is 2. The monoisotopic (exact) mass is 431 g/mol. The molecule has 2 heterocycles. The van der Waals surface area contributed by atoms with Gasteiger partial charge >= 0.3 is 0 Å². The largest absolute Gasteiger partial charge is 0.379 e. The molecule has 0 radical (unpaired) electrons. The first kappa shape index (κ1) is 22.2. The summed E-state index contributed by atoms with van der Waals surface area (Å²) in [6.45, 7) is 6.54. The molecule has 2 amide bonds. The van der Waals surface area contributed by atoms with Gasteiger partial charge in [0.05, 0.1) is 19.1 Å². The van der Waals surface area contributed by atoms with Crippen molar-refractivity contribution in [3.63, 3.8) is 0 Å². The summed E-state index contributed by atoms with van der Waals surface area (Å²) >= 11 is 0. The maximum absolute atomic E-state index is 13.2. The van der Waals surface area contributed by atoms with Gasteiger partial charge in [0.2, 0.25) is 5.91 Å². The Bertz CT molecular complexity index is 773. The number of carbonyl (C=O) groups excluding carboxylic acids is 2. The summed E-state index contributed by atoms with van der Waals surface area (Å²) in [6, 6.07) is 5.68. The fourth-order valence-electron chi connectivity index (χ4n) is 5.64. The maximum Gasteiger partial charge on any atom is 0.253 e. The van der Waals surface area contributed by atoms with E-state index in [1.165, 1.54) is 37.1 Å². The van der Waals surface area contributed by atoms with Gasteiger partial charge in [-0.2, -0.15) is 0 Å². The molecule has 0 unspecified atom stereocenters. The highest BCUT2D eigenvalue weighted by Gasteiger charge is 2.45. The highest BCUT2D eigenvalue weighted by Crippen LogP contribution is 2.38. The van der Waals surface area contributed by atoms with Crippen LogP contribution in [0.25, 0.3) is 0 Å². The van der Waals surface area contributed by atoms with Gasteiger partial charge in [-0.25, -0.2) is 4.39 Å². The molecule has 2 atom stereocenters. The topological polar surface area (TPSA) is 61.9 Å². The van der Waals surface area contributed by atoms with Gasteiger partial charge in [0.1, 0.15) is 5.82 Å². The molecular weight excluding hydrogens is 397 g/mol. The Morgan fingerprint density at radius 3 is 2.45 bits per heavy atom. The lowest BCUT2D eigenvalue weighted by Crippen LogP contribution is -2.63. The number of ether oxygens (including phenoxy) is 1. The highest BCUT2D eigenvalue weighted by molar-refractivity contribution is 5.94. The Balaban J connectivity index is 1.39. The molecule has 1 aromatic rings. The van der Waals surface area contributed by atoms with E-state index in [2.05, 4.69) is 17.1 Å². The number of halogens is 1. The summed E-state index contributed by atoms with van der Waals surface area (Å²) < 4.78 is 18.7. The van der Waals surface area contributed by atoms with E-state index in [1.807, 2.05) is 0 Å². The first-order chi connectivity index (χ1) is 15.0. The van der Waals surface area contributed by atoms with Crippen LogP contribution < -0.4 is 5.32 Å². The molecule has 4 rings (SSSR count). The number of nitrogens with zero attached hydrogens (tertiary/aromatic N) is 2. The molecule has 1 N–H and O–H groups in total. The number of amides is 2. The molecule has 170 valence electrons. The molecule has 0 aromatic heterocycles. The van der Waals surface area contributed by atoms with E-state index in [1.54, 1.807) is 4.90 Å². The Morgan fingerprint density at radius 1 is 1.10 bits per heavy atom. The van der Waals surface area contributed by atoms with E-state index in [0.29, 0.717) is 18.7 Å². The van der Waals surface area contributed by atoms with Gasteiger partial charge in [-0.1, -0.05) is 12.8 Å². The molecule has 7 heteroatoms. The standard InChI is InChI=1S/C24H34FN3O3/c1-18(24(10-2-3-11-24)28-13-15-31-16-14-28)26-22(29)20-5-4-12-27(17-20)23(30)19-6-8-21(25)9-7-19/h6-9,18,20H,2-5,10-17H2,1H3,(H,26,29)/t18-,20+/m0/s1. The first-order valence-electron chi connectivity index (χ1n) is 11.7. The molecule has 6 nitrogen and oxygen atoms in total. The normalized spacial score (nSPS) is 25.2. The molecule has 2 saturated heterocycles. The van der Waals surface area contributed by atoms with E-state index in [0.717, 1.165) is 52.0 Å². The number of hydrogen-bond acceptors (Lipinski definition) is 4. The van der Waals surface area contributed by atoms with Crippen LogP contribution in [-0.4, -0.2) is 72.6 Å². The highest BCUT2D eigenvalue weighted by atomic mass is 19.1. The second-order valence-electron chi connectivity index (χ2n) is 9.24. The van der Waals surface area contributed by atoms with Gasteiger partial charge in [-0.05, 0) is 56.9 Å². The van der Waals surface area contributed by atoms with Crippen molar-refractivity contribution in [3.05, 3.63) is 35.6 Å². The van der Waals surface area contributed by atoms with Crippen LogP contribution in [0.15, 0.2) is 24.3 Å². The number of piperidine rings is 1. The molecule has 1 saturated carbocycles. The fraction of sp³-hybridized carbons (Fsp3) is 0.667. The van der Waals surface area contributed by atoms with Crippen LogP contribution in [0.2, 0.25) is 0 Å². The van der Waals surface area contributed by atoms with Crippen molar-refractivity contribution in [1.29, 1.82) is 0 Å². The zero-order chi connectivity index (χ0) is 21.8. The first-order valence-corrected chi connectivity index (χ1v) is 11.7. The number of rotatable bonds is 5. The lowest BCUT2D eigenvalue weighted by Gasteiger charge is -2.47. The van der Waals surface area contributed by atoms with E-state index >= 15 is 0 Å². The van der Waals surface area contributed by atoms with Crippen molar-refractivity contribution in [2.45, 2.75) is 57.0 Å². The molecule has 31 heavy (non-hydrogen) atoms. The summed E-state index contributed by atoms with van der Waals surface area (Å²) in [5.41, 5.74) is 0.477. The average Bonchev–Trinajstić information content (AvgIpc) is 3.31. The minimum Gasteiger partial charge on any atom is -0.379 e. The Morgan fingerprint density at radius 2 is 1.77 bits per heavy atom. The second-order valence-corrected chi connectivity index (χ2v) is 9.24. The Labute approximate surface area is 184 Å². The minimum atomic E-state index is -0.359. The van der Waals surface area contributed by atoms with E-state index in [9.17, 15) is 14.0 Å². The number of likely N-dealkylation sites (tertiary alicyclic amines) is 1. The van der Waals surface area contributed by atoms with Gasteiger partial charge in [-0.3, -0.25) is 14.5 Å². The van der Waals surface area contributed by atoms with Gasteiger partial charge < -0.3 is 15.0 Å². The van der Waals surface area contributed by atoms with E-state index in [4.69, 9.17) is 4.74 Å². The van der Waals surface area contributed by atoms with Crippen LogP contribution in [0.3, 0.4) is 0 Å². The second kappa shape index (κ2) is 9.65. The molecule has 3 aliphatic rings. The van der Waals surface area contributed by atoms with Crippen LogP contribution in [0.5, 0.6) is 0 Å². The van der Waals surface area contributed by atoms with E-state index in [-0.39, 0.29) is 35.1 Å². The molecule has 3 fully saturated rings. The van der Waals surface area contributed by atoms with Gasteiger partial charge in [-0.15, -0.1) is 0 Å². The van der Waals surface area contributed by atoms with Crippen LogP contribution in [0.1, 0.15) is 55.8 Å². The number of benzene rings is 1. The molecule has 2 aliphatic heterocycles. The zero-order valence-electron chi connectivity index (χ0n) is 18.4. The summed E-state index contributed by atoms with van der Waals surface area (Å²) in [6.07, 6.45) is 6.19. The predicted molar refractivity (Wildman–Crippen MR) is 116 cm³/mol. The van der Waals surface area contributed by atoms with E-state index < -0.39 is 0 Å². The summed E-state index contributed by atoms with van der Waals surface area (Å²) in [7, 11) is 0. The summed E-state index contributed by atoms with van der Waals surface area (Å²) in [5, 5.41) is 3.33. The number of hydrogen-bond donors (Lipinski definition) is 1. The average molecular weight is 432 g/mol. The van der Waals surface area contributed by atoms with Crippen molar-refractivity contribution in [1.82, 2.24) is 15.1 Å². The maximum atomic E-state index is 13.2. The number of morpholine rings is 1. The molecule has 1 aliphatic carbocycles. The summed E-state index contributed by atoms with van der Waals surface area (Å²) in [4.78, 5) is 30.3. The van der Waals surface area contributed by atoms with Crippen molar-refractivity contribution in [2.24, 2.45) is 5.92 Å². The third kappa shape index (κ3) is 4.77. The lowest BCUT2D eigenvalue weighted by atomic mass is 9.85. The van der Waals surface area contributed by atoms with Crippen LogP contribution in [0.4, 0.5) is 4.39 Å². The zero-order valence-corrected chi connectivity index (χ0v) is 18.4. The number of nitrogens with one attached hydrogen (secondary N) is 1. The quantitative estimate of drug-likeness (QED) is 0.779. The SMILES string of the molecule is C[C@H](NC(=O)[C@@H]1CCCN(C(=O)c2ccc(F)cc2)C1)C1(N2CCOCC2)CCCC1. The third-order valence-corrected chi connectivity index (χ3v) is 7.45. The van der Waals surface area contributed by atoms with Gasteiger partial charge in [0.15, 0.2) is 0 Å². The Kier molecular flexibility index (Phi) is 6.92. The van der Waals surface area contributed by atoms with Crippen molar-refractivity contribution in [3.8, 4) is 0 Å². The van der Waals surface area contributed by atoms with Gasteiger partial charge in [0, 0.05) is 43.3 Å². The van der Waals surface area contributed by atoms with Crippen LogP contribution in [-0.2, 0) is 9.53 Å². The third-order valence-electron chi connectivity index (χ3n) is 7.45. The van der Waals surface area contributed by atoms with Crippen molar-refractivity contribution in [2.75, 3.05) is 39.4 Å². The van der Waals surface area contributed by atoms with Crippen LogP contribution in [0, 0.1) is 11.7 Å². The minimum absolute atomic E-state index is 0.0116. The fourth-order valence-corrected chi connectivity index (χ4v) is 5.64. The van der Waals surface area contributed by atoms with Crippen LogP contribution >= 0.6 is 0 Å². The molecule has 0 bridgehead atoms. The molecule has 0 spiro atoms. The predicted octanol–water partition coefficient (Wildman–Crippen LogP) is 2.83. The van der Waals surface area contributed by atoms with Crippen molar-refractivity contribution >= 4 is 11.8 Å². The summed E-state index contributed by atoms with van der Waals surface area (Å²) in [5.74, 6) is -0.652. The van der Waals surface area contributed by atoms with Crippen molar-refractivity contribution < 1.29 is 18.7 Å². The smallest absolute Gasteiger partial charge is 0.253 e. The lowest BCUT2D eigenvalue weighted by molar-refractivity contribution is -0.128. The molecule has 1 aromatic carbocycles. The Hall–Kier alpha value is -1.99.